The van der Waals surface area contributed by atoms with Crippen LogP contribution in [0.2, 0.25) is 0 Å². The quantitative estimate of drug-likeness (QED) is 0.830. The van der Waals surface area contributed by atoms with Crippen LogP contribution in [-0.4, -0.2) is 19.1 Å². The first-order chi connectivity index (χ1) is 10.5. The minimum absolute atomic E-state index is 0.0239. The molecule has 0 bridgehead atoms. The number of amides is 1. The SMILES string of the molecule is Cc1ccc(OCCNC(=O)Cc2ccc(C)c(C)c2)cc1. The van der Waals surface area contributed by atoms with Crippen molar-refractivity contribution in [2.24, 2.45) is 0 Å². The van der Waals surface area contributed by atoms with Gasteiger partial charge in [0.1, 0.15) is 12.4 Å². The van der Waals surface area contributed by atoms with E-state index >= 15 is 0 Å². The molecule has 0 radical (unpaired) electrons. The monoisotopic (exact) mass is 297 g/mol. The molecule has 0 aromatic heterocycles. The van der Waals surface area contributed by atoms with Crippen molar-refractivity contribution in [1.29, 1.82) is 0 Å². The van der Waals surface area contributed by atoms with Crippen molar-refractivity contribution in [2.45, 2.75) is 27.2 Å². The molecule has 2 aromatic carbocycles. The van der Waals surface area contributed by atoms with Gasteiger partial charge in [-0.3, -0.25) is 4.79 Å². The lowest BCUT2D eigenvalue weighted by Gasteiger charge is -2.09. The molecule has 2 aromatic rings. The molecule has 2 rings (SSSR count). The minimum Gasteiger partial charge on any atom is -0.492 e. The highest BCUT2D eigenvalue weighted by Crippen LogP contribution is 2.11. The molecular weight excluding hydrogens is 274 g/mol. The van der Waals surface area contributed by atoms with Gasteiger partial charge in [-0.2, -0.15) is 0 Å². The summed E-state index contributed by atoms with van der Waals surface area (Å²) < 4.78 is 5.58. The Morgan fingerprint density at radius 3 is 2.41 bits per heavy atom. The van der Waals surface area contributed by atoms with Gasteiger partial charge in [0.25, 0.3) is 0 Å². The second kappa shape index (κ2) is 7.64. The Morgan fingerprint density at radius 1 is 1.00 bits per heavy atom. The number of ether oxygens (including phenoxy) is 1. The minimum atomic E-state index is 0.0239. The van der Waals surface area contributed by atoms with Crippen LogP contribution in [0, 0.1) is 20.8 Å². The van der Waals surface area contributed by atoms with E-state index < -0.39 is 0 Å². The van der Waals surface area contributed by atoms with Crippen molar-refractivity contribution in [3.63, 3.8) is 0 Å². The van der Waals surface area contributed by atoms with Crippen LogP contribution >= 0.6 is 0 Å². The third-order valence-electron chi connectivity index (χ3n) is 3.65. The molecule has 0 saturated carbocycles. The van der Waals surface area contributed by atoms with Gasteiger partial charge in [0.15, 0.2) is 0 Å². The van der Waals surface area contributed by atoms with E-state index in [0.29, 0.717) is 19.6 Å². The van der Waals surface area contributed by atoms with E-state index in [0.717, 1.165) is 11.3 Å². The number of hydrogen-bond donors (Lipinski definition) is 1. The van der Waals surface area contributed by atoms with Gasteiger partial charge in [-0.15, -0.1) is 0 Å². The molecular formula is C19H23NO2. The van der Waals surface area contributed by atoms with Gasteiger partial charge in [0, 0.05) is 0 Å². The normalized spacial score (nSPS) is 10.3. The van der Waals surface area contributed by atoms with Crippen LogP contribution in [0.5, 0.6) is 5.75 Å². The van der Waals surface area contributed by atoms with Crippen molar-refractivity contribution < 1.29 is 9.53 Å². The fourth-order valence-electron chi connectivity index (χ4n) is 2.16. The largest absolute Gasteiger partial charge is 0.492 e. The summed E-state index contributed by atoms with van der Waals surface area (Å²) in [5, 5.41) is 2.88. The zero-order valence-electron chi connectivity index (χ0n) is 13.5. The average molecular weight is 297 g/mol. The van der Waals surface area contributed by atoms with Crippen molar-refractivity contribution in [3.05, 3.63) is 64.7 Å². The van der Waals surface area contributed by atoms with Crippen LogP contribution in [-0.2, 0) is 11.2 Å². The van der Waals surface area contributed by atoms with Crippen molar-refractivity contribution in [2.75, 3.05) is 13.2 Å². The molecule has 22 heavy (non-hydrogen) atoms. The lowest BCUT2D eigenvalue weighted by atomic mass is 10.0. The Morgan fingerprint density at radius 2 is 1.73 bits per heavy atom. The molecule has 0 aliphatic carbocycles. The molecule has 0 atom stereocenters. The summed E-state index contributed by atoms with van der Waals surface area (Å²) in [5.74, 6) is 0.852. The standard InChI is InChI=1S/C19H23NO2/c1-14-4-8-18(9-5-14)22-11-10-20-19(21)13-17-7-6-15(2)16(3)12-17/h4-9,12H,10-11,13H2,1-3H3,(H,20,21). The molecule has 0 heterocycles. The predicted molar refractivity (Wildman–Crippen MR) is 89.3 cm³/mol. The highest BCUT2D eigenvalue weighted by Gasteiger charge is 2.04. The Hall–Kier alpha value is -2.29. The summed E-state index contributed by atoms with van der Waals surface area (Å²) in [7, 11) is 0. The predicted octanol–water partition coefficient (Wildman–Crippen LogP) is 3.35. The zero-order chi connectivity index (χ0) is 15.9. The van der Waals surface area contributed by atoms with Gasteiger partial charge in [0.2, 0.25) is 5.91 Å². The van der Waals surface area contributed by atoms with E-state index in [4.69, 9.17) is 4.74 Å². The van der Waals surface area contributed by atoms with E-state index in [-0.39, 0.29) is 5.91 Å². The molecule has 0 fully saturated rings. The van der Waals surface area contributed by atoms with Gasteiger partial charge in [-0.05, 0) is 49.6 Å². The Bertz CT molecular complexity index is 632. The van der Waals surface area contributed by atoms with Crippen LogP contribution in [0.1, 0.15) is 22.3 Å². The molecule has 0 saturated heterocycles. The first kappa shape index (κ1) is 16.1. The molecule has 0 unspecified atom stereocenters. The molecule has 1 N–H and O–H groups in total. The molecule has 0 aliphatic rings. The zero-order valence-corrected chi connectivity index (χ0v) is 13.5. The van der Waals surface area contributed by atoms with E-state index in [1.807, 2.05) is 37.3 Å². The van der Waals surface area contributed by atoms with Crippen LogP contribution < -0.4 is 10.1 Å². The molecule has 0 aliphatic heterocycles. The van der Waals surface area contributed by atoms with Gasteiger partial charge in [0.05, 0.1) is 13.0 Å². The second-order valence-corrected chi connectivity index (χ2v) is 5.61. The highest BCUT2D eigenvalue weighted by atomic mass is 16.5. The lowest BCUT2D eigenvalue weighted by Crippen LogP contribution is -2.29. The number of benzene rings is 2. The van der Waals surface area contributed by atoms with Crippen molar-refractivity contribution in [1.82, 2.24) is 5.32 Å². The van der Waals surface area contributed by atoms with E-state index in [2.05, 4.69) is 31.3 Å². The first-order valence-electron chi connectivity index (χ1n) is 7.57. The van der Waals surface area contributed by atoms with Gasteiger partial charge < -0.3 is 10.1 Å². The number of aryl methyl sites for hydroxylation is 3. The fourth-order valence-corrected chi connectivity index (χ4v) is 2.16. The number of carbonyl (C=O) groups is 1. The maximum Gasteiger partial charge on any atom is 0.224 e. The van der Waals surface area contributed by atoms with Crippen LogP contribution in [0.3, 0.4) is 0 Å². The van der Waals surface area contributed by atoms with Gasteiger partial charge >= 0.3 is 0 Å². The number of rotatable bonds is 6. The summed E-state index contributed by atoms with van der Waals surface area (Å²) in [5.41, 5.74) is 4.71. The number of nitrogens with one attached hydrogen (secondary N) is 1. The maximum absolute atomic E-state index is 11.9. The topological polar surface area (TPSA) is 38.3 Å². The molecule has 1 amide bonds. The molecule has 0 spiro atoms. The van der Waals surface area contributed by atoms with Gasteiger partial charge in [-0.25, -0.2) is 0 Å². The summed E-state index contributed by atoms with van der Waals surface area (Å²) in [6.45, 7) is 7.16. The highest BCUT2D eigenvalue weighted by molar-refractivity contribution is 5.78. The molecule has 3 heteroatoms. The number of hydrogen-bond acceptors (Lipinski definition) is 2. The third-order valence-corrected chi connectivity index (χ3v) is 3.65. The van der Waals surface area contributed by atoms with E-state index in [1.165, 1.54) is 16.7 Å². The van der Waals surface area contributed by atoms with Crippen LogP contribution in [0.4, 0.5) is 0 Å². The summed E-state index contributed by atoms with van der Waals surface area (Å²) in [6.07, 6.45) is 0.408. The average Bonchev–Trinajstić information content (AvgIpc) is 2.49. The van der Waals surface area contributed by atoms with Crippen molar-refractivity contribution >= 4 is 5.91 Å². The van der Waals surface area contributed by atoms with Crippen molar-refractivity contribution in [3.8, 4) is 5.75 Å². The van der Waals surface area contributed by atoms with E-state index in [1.54, 1.807) is 0 Å². The molecule has 116 valence electrons. The summed E-state index contributed by atoms with van der Waals surface area (Å²) in [4.78, 5) is 11.9. The Labute approximate surface area is 132 Å². The Balaban J connectivity index is 1.71. The second-order valence-electron chi connectivity index (χ2n) is 5.61. The third kappa shape index (κ3) is 4.92. The number of carbonyl (C=O) groups excluding carboxylic acids is 1. The van der Waals surface area contributed by atoms with Crippen LogP contribution in [0.25, 0.3) is 0 Å². The first-order valence-corrected chi connectivity index (χ1v) is 7.57. The van der Waals surface area contributed by atoms with E-state index in [9.17, 15) is 4.79 Å². The summed E-state index contributed by atoms with van der Waals surface area (Å²) >= 11 is 0. The smallest absolute Gasteiger partial charge is 0.224 e. The lowest BCUT2D eigenvalue weighted by molar-refractivity contribution is -0.120. The summed E-state index contributed by atoms with van der Waals surface area (Å²) in [6, 6.07) is 14.0. The Kier molecular flexibility index (Phi) is 5.59. The maximum atomic E-state index is 11.9. The molecule has 3 nitrogen and oxygen atoms in total. The van der Waals surface area contributed by atoms with Crippen LogP contribution in [0.15, 0.2) is 42.5 Å². The van der Waals surface area contributed by atoms with Gasteiger partial charge in [-0.1, -0.05) is 35.9 Å². The fraction of sp³-hybridized carbons (Fsp3) is 0.316.